The molecule has 0 unspecified atom stereocenters. The van der Waals surface area contributed by atoms with Gasteiger partial charge in [-0.2, -0.15) is 0 Å². The van der Waals surface area contributed by atoms with Gasteiger partial charge in [-0.25, -0.2) is 4.68 Å². The zero-order valence-electron chi connectivity index (χ0n) is 9.25. The maximum atomic E-state index is 11.1. The molecule has 0 aliphatic rings. The molecule has 0 saturated heterocycles. The Balaban J connectivity index is 2.46. The van der Waals surface area contributed by atoms with Gasteiger partial charge in [-0.15, -0.1) is 5.10 Å². The van der Waals surface area contributed by atoms with Crippen LogP contribution >= 0.6 is 0 Å². The van der Waals surface area contributed by atoms with E-state index >= 15 is 0 Å². The van der Waals surface area contributed by atoms with Gasteiger partial charge in [0.15, 0.2) is 5.82 Å². The number of rotatable bonds is 3. The molecule has 0 bridgehead atoms. The second-order valence-electron chi connectivity index (χ2n) is 3.44. The Morgan fingerprint density at radius 1 is 1.47 bits per heavy atom. The van der Waals surface area contributed by atoms with Crippen LogP contribution in [-0.4, -0.2) is 22.8 Å². The van der Waals surface area contributed by atoms with E-state index in [1.807, 2.05) is 18.2 Å². The molecule has 6 nitrogen and oxygen atoms in total. The molecule has 4 N–H and O–H groups in total. The zero-order valence-corrected chi connectivity index (χ0v) is 9.25. The van der Waals surface area contributed by atoms with E-state index in [9.17, 15) is 4.79 Å². The predicted octanol–water partition coefficient (Wildman–Crippen LogP) is 0.562. The molecular weight excluding hydrogens is 220 g/mol. The fraction of sp³-hybridized carbons (Fsp3) is 0.0909. The lowest BCUT2D eigenvalue weighted by Crippen LogP contribution is -2.11. The van der Waals surface area contributed by atoms with E-state index in [1.54, 1.807) is 13.2 Å². The number of nitrogens with zero attached hydrogens (tertiary/aromatic N) is 2. The number of primary amides is 1. The number of ether oxygens (including phenoxy) is 1. The number of amides is 1. The fourth-order valence-electron chi connectivity index (χ4n) is 1.46. The van der Waals surface area contributed by atoms with Gasteiger partial charge in [0.2, 0.25) is 0 Å². The number of nitrogens with two attached hydrogens (primary N) is 2. The van der Waals surface area contributed by atoms with Gasteiger partial charge in [0.1, 0.15) is 11.3 Å². The first kappa shape index (κ1) is 11.0. The summed E-state index contributed by atoms with van der Waals surface area (Å²) in [6.07, 6.45) is 1.49. The summed E-state index contributed by atoms with van der Waals surface area (Å²) in [6, 6.07) is 7.22. The summed E-state index contributed by atoms with van der Waals surface area (Å²) in [5.41, 5.74) is 11.7. The molecule has 6 heteroatoms. The number of hydrogen-bond donors (Lipinski definition) is 2. The van der Waals surface area contributed by atoms with Crippen LogP contribution in [0.25, 0.3) is 5.69 Å². The van der Waals surface area contributed by atoms with Gasteiger partial charge < -0.3 is 16.2 Å². The van der Waals surface area contributed by atoms with Crippen LogP contribution in [0.5, 0.6) is 5.75 Å². The van der Waals surface area contributed by atoms with E-state index in [-0.39, 0.29) is 11.4 Å². The standard InChI is InChI=1S/C11H12N4O2/c1-17-8-4-2-3-7(5-8)15-6-9(11(13)16)10(12)14-15/h2-6H,1H3,(H2,12,14)(H2,13,16). The number of benzene rings is 1. The average Bonchev–Trinajstić information content (AvgIpc) is 2.71. The van der Waals surface area contributed by atoms with Gasteiger partial charge in [-0.1, -0.05) is 6.07 Å². The van der Waals surface area contributed by atoms with E-state index in [0.717, 1.165) is 5.69 Å². The third-order valence-electron chi connectivity index (χ3n) is 2.33. The van der Waals surface area contributed by atoms with Gasteiger partial charge in [0.05, 0.1) is 12.8 Å². The monoisotopic (exact) mass is 232 g/mol. The minimum Gasteiger partial charge on any atom is -0.497 e. The minimum absolute atomic E-state index is 0.111. The van der Waals surface area contributed by atoms with Crippen molar-refractivity contribution in [2.75, 3.05) is 12.8 Å². The highest BCUT2D eigenvalue weighted by molar-refractivity contribution is 5.96. The Hall–Kier alpha value is -2.50. The van der Waals surface area contributed by atoms with Gasteiger partial charge in [-0.05, 0) is 12.1 Å². The molecule has 1 amide bonds. The molecule has 2 aromatic rings. The quantitative estimate of drug-likeness (QED) is 0.808. The molecule has 1 heterocycles. The maximum absolute atomic E-state index is 11.1. The fourth-order valence-corrected chi connectivity index (χ4v) is 1.46. The molecule has 0 saturated carbocycles. The number of nitrogen functional groups attached to an aromatic ring is 1. The Kier molecular flexibility index (Phi) is 2.70. The lowest BCUT2D eigenvalue weighted by molar-refractivity contribution is 0.100. The van der Waals surface area contributed by atoms with Crippen molar-refractivity contribution >= 4 is 11.7 Å². The number of aromatic nitrogens is 2. The second kappa shape index (κ2) is 4.17. The molecule has 0 atom stereocenters. The molecule has 1 aromatic heterocycles. The van der Waals surface area contributed by atoms with Crippen LogP contribution in [0.2, 0.25) is 0 Å². The molecule has 88 valence electrons. The van der Waals surface area contributed by atoms with Crippen LogP contribution in [0.15, 0.2) is 30.5 Å². The largest absolute Gasteiger partial charge is 0.497 e. The summed E-state index contributed by atoms with van der Waals surface area (Å²) < 4.78 is 6.58. The molecule has 0 spiro atoms. The molecular formula is C11H12N4O2. The summed E-state index contributed by atoms with van der Waals surface area (Å²) >= 11 is 0. The average molecular weight is 232 g/mol. The number of carbonyl (C=O) groups excluding carboxylic acids is 1. The summed E-state index contributed by atoms with van der Waals surface area (Å²) in [6.45, 7) is 0. The zero-order chi connectivity index (χ0) is 12.4. The number of methoxy groups -OCH3 is 1. The molecule has 0 radical (unpaired) electrons. The SMILES string of the molecule is COc1cccc(-n2cc(C(N)=O)c(N)n2)c1. The van der Waals surface area contributed by atoms with Gasteiger partial charge in [0, 0.05) is 12.3 Å². The van der Waals surface area contributed by atoms with Crippen molar-refractivity contribution in [3.63, 3.8) is 0 Å². The topological polar surface area (TPSA) is 96.2 Å². The minimum atomic E-state index is -0.600. The van der Waals surface area contributed by atoms with Crippen molar-refractivity contribution in [3.8, 4) is 11.4 Å². The molecule has 1 aromatic carbocycles. The van der Waals surface area contributed by atoms with Crippen LogP contribution in [0.1, 0.15) is 10.4 Å². The first-order valence-electron chi connectivity index (χ1n) is 4.91. The predicted molar refractivity (Wildman–Crippen MR) is 63.0 cm³/mol. The molecule has 0 fully saturated rings. The molecule has 0 aliphatic carbocycles. The third kappa shape index (κ3) is 2.05. The van der Waals surface area contributed by atoms with Crippen molar-refractivity contribution in [2.24, 2.45) is 5.73 Å². The Morgan fingerprint density at radius 2 is 2.24 bits per heavy atom. The summed E-state index contributed by atoms with van der Waals surface area (Å²) in [5, 5.41) is 4.02. The number of carbonyl (C=O) groups is 1. The van der Waals surface area contributed by atoms with E-state index in [1.165, 1.54) is 10.9 Å². The lowest BCUT2D eigenvalue weighted by atomic mass is 10.3. The van der Waals surface area contributed by atoms with Gasteiger partial charge in [-0.3, -0.25) is 4.79 Å². The normalized spacial score (nSPS) is 10.2. The molecule has 2 rings (SSSR count). The van der Waals surface area contributed by atoms with Gasteiger partial charge >= 0.3 is 0 Å². The Labute approximate surface area is 97.8 Å². The highest BCUT2D eigenvalue weighted by Crippen LogP contribution is 2.18. The first-order valence-corrected chi connectivity index (χ1v) is 4.91. The van der Waals surface area contributed by atoms with Crippen LogP contribution in [-0.2, 0) is 0 Å². The number of hydrogen-bond acceptors (Lipinski definition) is 4. The summed E-state index contributed by atoms with van der Waals surface area (Å²) in [4.78, 5) is 11.1. The Morgan fingerprint density at radius 3 is 2.82 bits per heavy atom. The van der Waals surface area contributed by atoms with Gasteiger partial charge in [0.25, 0.3) is 5.91 Å². The second-order valence-corrected chi connectivity index (χ2v) is 3.44. The van der Waals surface area contributed by atoms with Crippen molar-refractivity contribution in [2.45, 2.75) is 0 Å². The van der Waals surface area contributed by atoms with Crippen molar-refractivity contribution in [3.05, 3.63) is 36.0 Å². The summed E-state index contributed by atoms with van der Waals surface area (Å²) in [5.74, 6) is 0.203. The van der Waals surface area contributed by atoms with E-state index in [2.05, 4.69) is 5.10 Å². The maximum Gasteiger partial charge on any atom is 0.254 e. The van der Waals surface area contributed by atoms with Crippen molar-refractivity contribution in [1.29, 1.82) is 0 Å². The van der Waals surface area contributed by atoms with E-state index in [4.69, 9.17) is 16.2 Å². The highest BCUT2D eigenvalue weighted by atomic mass is 16.5. The van der Waals surface area contributed by atoms with E-state index in [0.29, 0.717) is 5.75 Å². The summed E-state index contributed by atoms with van der Waals surface area (Å²) in [7, 11) is 1.57. The van der Waals surface area contributed by atoms with Crippen molar-refractivity contribution < 1.29 is 9.53 Å². The number of anilines is 1. The Bertz CT molecular complexity index is 562. The van der Waals surface area contributed by atoms with E-state index < -0.39 is 5.91 Å². The molecule has 0 aliphatic heterocycles. The first-order chi connectivity index (χ1) is 8.11. The van der Waals surface area contributed by atoms with Crippen LogP contribution in [0.4, 0.5) is 5.82 Å². The molecule has 17 heavy (non-hydrogen) atoms. The van der Waals surface area contributed by atoms with Crippen LogP contribution in [0.3, 0.4) is 0 Å². The highest BCUT2D eigenvalue weighted by Gasteiger charge is 2.11. The smallest absolute Gasteiger partial charge is 0.254 e. The third-order valence-corrected chi connectivity index (χ3v) is 2.33. The van der Waals surface area contributed by atoms with Crippen molar-refractivity contribution in [1.82, 2.24) is 9.78 Å². The van der Waals surface area contributed by atoms with Crippen LogP contribution < -0.4 is 16.2 Å². The van der Waals surface area contributed by atoms with Crippen LogP contribution in [0, 0.1) is 0 Å². The lowest BCUT2D eigenvalue weighted by Gasteiger charge is -2.03.